The smallest absolute Gasteiger partial charge is 0.223 e. The highest BCUT2D eigenvalue weighted by atomic mass is 32.1. The summed E-state index contributed by atoms with van der Waals surface area (Å²) in [6.45, 7) is 7.97. The van der Waals surface area contributed by atoms with Crippen molar-refractivity contribution in [3.05, 3.63) is 65.3 Å². The number of nitrogens with zero attached hydrogens (tertiary/aromatic N) is 5. The maximum Gasteiger partial charge on any atom is 0.223 e. The van der Waals surface area contributed by atoms with Gasteiger partial charge in [-0.05, 0) is 56.9 Å². The molecule has 0 spiro atoms. The molecule has 1 aliphatic rings. The van der Waals surface area contributed by atoms with Crippen molar-refractivity contribution in [3.8, 4) is 5.69 Å². The van der Waals surface area contributed by atoms with Crippen molar-refractivity contribution in [2.75, 3.05) is 18.0 Å². The molecule has 1 aliphatic heterocycles. The fraction of sp³-hybridized carbons (Fsp3) is 0.360. The molecule has 8 heteroatoms. The summed E-state index contributed by atoms with van der Waals surface area (Å²) in [6, 6.07) is 8.19. The van der Waals surface area contributed by atoms with Crippen LogP contribution in [0.25, 0.3) is 15.9 Å². The molecule has 4 aromatic rings. The molecule has 3 aromatic heterocycles. The number of fused-ring (bicyclic) bond motifs is 1. The third kappa shape index (κ3) is 4.23. The maximum atomic E-state index is 13.0. The number of imidazole rings is 1. The average molecular weight is 461 g/mol. The molecule has 170 valence electrons. The van der Waals surface area contributed by atoms with Crippen LogP contribution in [0.2, 0.25) is 0 Å². The van der Waals surface area contributed by atoms with Crippen LogP contribution < -0.4 is 10.2 Å². The molecule has 33 heavy (non-hydrogen) atoms. The topological polar surface area (TPSA) is 75.9 Å². The van der Waals surface area contributed by atoms with Gasteiger partial charge in [0.2, 0.25) is 5.91 Å². The van der Waals surface area contributed by atoms with E-state index in [0.29, 0.717) is 0 Å². The number of hydrogen-bond acceptors (Lipinski definition) is 6. The van der Waals surface area contributed by atoms with Crippen molar-refractivity contribution in [3.63, 3.8) is 0 Å². The van der Waals surface area contributed by atoms with Crippen molar-refractivity contribution < 1.29 is 4.79 Å². The van der Waals surface area contributed by atoms with E-state index in [1.165, 1.54) is 10.4 Å². The van der Waals surface area contributed by atoms with Gasteiger partial charge in [-0.3, -0.25) is 4.79 Å². The molecule has 1 amide bonds. The van der Waals surface area contributed by atoms with Crippen molar-refractivity contribution in [2.24, 2.45) is 5.92 Å². The van der Waals surface area contributed by atoms with E-state index >= 15 is 0 Å². The Morgan fingerprint density at radius 1 is 1.15 bits per heavy atom. The van der Waals surface area contributed by atoms with E-state index in [4.69, 9.17) is 0 Å². The van der Waals surface area contributed by atoms with Crippen LogP contribution in [-0.2, 0) is 4.79 Å². The largest absolute Gasteiger partial charge is 0.356 e. The van der Waals surface area contributed by atoms with Crippen LogP contribution in [0.1, 0.15) is 41.8 Å². The Morgan fingerprint density at radius 2 is 1.91 bits per heavy atom. The number of amides is 1. The summed E-state index contributed by atoms with van der Waals surface area (Å²) in [5, 5.41) is 4.38. The maximum absolute atomic E-state index is 13.0. The van der Waals surface area contributed by atoms with Crippen LogP contribution in [-0.4, -0.2) is 38.5 Å². The van der Waals surface area contributed by atoms with E-state index in [1.54, 1.807) is 30.2 Å². The number of carbonyl (C=O) groups excluding carboxylic acids is 1. The van der Waals surface area contributed by atoms with E-state index in [0.717, 1.165) is 53.2 Å². The Balaban J connectivity index is 1.20. The molecular formula is C25H28N6OS. The van der Waals surface area contributed by atoms with Gasteiger partial charge in [0.15, 0.2) is 0 Å². The quantitative estimate of drug-likeness (QED) is 0.472. The number of anilines is 1. The molecule has 0 radical (unpaired) electrons. The van der Waals surface area contributed by atoms with Crippen molar-refractivity contribution in [1.82, 2.24) is 24.8 Å². The van der Waals surface area contributed by atoms with Crippen LogP contribution in [0.5, 0.6) is 0 Å². The molecule has 0 saturated carbocycles. The van der Waals surface area contributed by atoms with Gasteiger partial charge in [-0.2, -0.15) is 0 Å². The number of piperidine rings is 1. The third-order valence-corrected chi connectivity index (χ3v) is 7.78. The van der Waals surface area contributed by atoms with Crippen LogP contribution in [0.15, 0.2) is 49.3 Å². The van der Waals surface area contributed by atoms with Crippen LogP contribution >= 0.6 is 11.3 Å². The summed E-state index contributed by atoms with van der Waals surface area (Å²) in [5.74, 6) is 1.17. The Kier molecular flexibility index (Phi) is 5.85. The highest BCUT2D eigenvalue weighted by molar-refractivity contribution is 7.18. The summed E-state index contributed by atoms with van der Waals surface area (Å²) in [5.41, 5.74) is 3.41. The highest BCUT2D eigenvalue weighted by Gasteiger charge is 2.28. The van der Waals surface area contributed by atoms with Gasteiger partial charge in [0.1, 0.15) is 17.0 Å². The molecule has 0 aliphatic carbocycles. The molecule has 0 bridgehead atoms. The first-order valence-electron chi connectivity index (χ1n) is 11.4. The van der Waals surface area contributed by atoms with Crippen LogP contribution in [0.4, 0.5) is 5.82 Å². The van der Waals surface area contributed by atoms with E-state index in [9.17, 15) is 4.79 Å². The third-order valence-electron chi connectivity index (χ3n) is 6.67. The Hall–Kier alpha value is -3.26. The van der Waals surface area contributed by atoms with E-state index < -0.39 is 0 Å². The van der Waals surface area contributed by atoms with E-state index in [1.807, 2.05) is 17.7 Å². The second-order valence-corrected chi connectivity index (χ2v) is 9.92. The number of aryl methyl sites for hydroxylation is 2. The first kappa shape index (κ1) is 21.6. The second-order valence-electron chi connectivity index (χ2n) is 8.71. The number of carbonyl (C=O) groups is 1. The van der Waals surface area contributed by atoms with Crippen molar-refractivity contribution >= 4 is 33.3 Å². The van der Waals surface area contributed by atoms with E-state index in [-0.39, 0.29) is 17.9 Å². The molecule has 7 nitrogen and oxygen atoms in total. The summed E-state index contributed by atoms with van der Waals surface area (Å²) in [4.78, 5) is 30.8. The monoisotopic (exact) mass is 460 g/mol. The molecule has 1 atom stereocenters. The minimum absolute atomic E-state index is 0.0246. The molecule has 5 rings (SSSR count). The Bertz CT molecular complexity index is 1260. The fourth-order valence-corrected chi connectivity index (χ4v) is 5.51. The molecule has 1 unspecified atom stereocenters. The lowest BCUT2D eigenvalue weighted by atomic mass is 9.95. The molecule has 1 N–H and O–H groups in total. The van der Waals surface area contributed by atoms with Gasteiger partial charge in [-0.1, -0.05) is 12.1 Å². The standard InChI is InChI=1S/C25H28N6OS/c1-16-18(3)33-25-22(16)23(27-14-28-25)30-11-8-20(9-12-30)24(32)29-17(2)19-4-6-21(7-5-19)31-13-10-26-15-31/h4-7,10,13-15,17,20H,8-9,11-12H2,1-3H3,(H,29,32). The highest BCUT2D eigenvalue weighted by Crippen LogP contribution is 2.35. The summed E-state index contributed by atoms with van der Waals surface area (Å²) in [6.07, 6.45) is 8.76. The lowest BCUT2D eigenvalue weighted by molar-refractivity contribution is -0.126. The van der Waals surface area contributed by atoms with Crippen molar-refractivity contribution in [1.29, 1.82) is 0 Å². The lowest BCUT2D eigenvalue weighted by Gasteiger charge is -2.33. The number of aromatic nitrogens is 4. The van der Waals surface area contributed by atoms with Gasteiger partial charge in [0.05, 0.1) is 17.8 Å². The molecule has 1 saturated heterocycles. The summed E-state index contributed by atoms with van der Waals surface area (Å²) < 4.78 is 1.96. The Morgan fingerprint density at radius 3 is 2.61 bits per heavy atom. The zero-order chi connectivity index (χ0) is 22.9. The van der Waals surface area contributed by atoms with Crippen LogP contribution in [0.3, 0.4) is 0 Å². The van der Waals surface area contributed by atoms with E-state index in [2.05, 4.69) is 63.3 Å². The molecule has 1 fully saturated rings. The molecular weight excluding hydrogens is 432 g/mol. The lowest BCUT2D eigenvalue weighted by Crippen LogP contribution is -2.41. The zero-order valence-electron chi connectivity index (χ0n) is 19.2. The predicted octanol–water partition coefficient (Wildman–Crippen LogP) is 4.59. The van der Waals surface area contributed by atoms with Gasteiger partial charge in [-0.25, -0.2) is 15.0 Å². The Labute approximate surface area is 197 Å². The number of rotatable bonds is 5. The first-order chi connectivity index (χ1) is 16.0. The average Bonchev–Trinajstić information content (AvgIpc) is 3.48. The zero-order valence-corrected chi connectivity index (χ0v) is 20.0. The van der Waals surface area contributed by atoms with Crippen LogP contribution in [0, 0.1) is 19.8 Å². The van der Waals surface area contributed by atoms with Gasteiger partial charge in [0.25, 0.3) is 0 Å². The molecule has 4 heterocycles. The minimum Gasteiger partial charge on any atom is -0.356 e. The number of nitrogens with one attached hydrogen (secondary N) is 1. The summed E-state index contributed by atoms with van der Waals surface area (Å²) in [7, 11) is 0. The van der Waals surface area contributed by atoms with Crippen molar-refractivity contribution in [2.45, 2.75) is 39.7 Å². The number of thiophene rings is 1. The predicted molar refractivity (Wildman–Crippen MR) is 132 cm³/mol. The van der Waals surface area contributed by atoms with Gasteiger partial charge in [-0.15, -0.1) is 11.3 Å². The molecule has 1 aromatic carbocycles. The number of benzene rings is 1. The van der Waals surface area contributed by atoms with Gasteiger partial charge >= 0.3 is 0 Å². The normalized spacial score (nSPS) is 15.7. The summed E-state index contributed by atoms with van der Waals surface area (Å²) >= 11 is 1.72. The first-order valence-corrected chi connectivity index (χ1v) is 12.2. The second kappa shape index (κ2) is 8.94. The minimum atomic E-state index is -0.0368. The van der Waals surface area contributed by atoms with Gasteiger partial charge in [0, 0.05) is 42.0 Å². The number of hydrogen-bond donors (Lipinski definition) is 1. The SMILES string of the molecule is Cc1sc2ncnc(N3CCC(C(=O)NC(C)c4ccc(-n5ccnc5)cc4)CC3)c2c1C. The fourth-order valence-electron chi connectivity index (χ4n) is 4.52. The van der Waals surface area contributed by atoms with Gasteiger partial charge < -0.3 is 14.8 Å².